The molecular formula is C21H30ClN3O2. The standard InChI is InChI=1S/C21H29N3O2.ClH/c25-20(15-5-2-1-3-6-15)23-18-8-4-7-16(13-18)21(26)24-12-11-17-9-10-19(14-24)22-17;/h4,7-8,13,15,17,19,22H,1-3,5-6,9-12,14H2,(H,23,25);1H. The van der Waals surface area contributed by atoms with E-state index in [1.165, 1.54) is 12.8 Å². The summed E-state index contributed by atoms with van der Waals surface area (Å²) in [5.41, 5.74) is 1.41. The molecular weight excluding hydrogens is 362 g/mol. The Kier molecular flexibility index (Phi) is 6.77. The van der Waals surface area contributed by atoms with Crippen molar-refractivity contribution in [3.63, 3.8) is 0 Å². The van der Waals surface area contributed by atoms with Crippen LogP contribution in [0.1, 0.15) is 61.7 Å². The lowest BCUT2D eigenvalue weighted by atomic mass is 9.88. The van der Waals surface area contributed by atoms with E-state index in [2.05, 4.69) is 10.6 Å². The first-order valence-corrected chi connectivity index (χ1v) is 10.2. The highest BCUT2D eigenvalue weighted by Crippen LogP contribution is 2.26. The topological polar surface area (TPSA) is 61.4 Å². The monoisotopic (exact) mass is 391 g/mol. The van der Waals surface area contributed by atoms with Gasteiger partial charge >= 0.3 is 0 Å². The molecule has 0 spiro atoms. The summed E-state index contributed by atoms with van der Waals surface area (Å²) in [6.07, 6.45) is 8.90. The van der Waals surface area contributed by atoms with E-state index in [0.29, 0.717) is 17.6 Å². The molecule has 3 aliphatic rings. The zero-order chi connectivity index (χ0) is 17.9. The summed E-state index contributed by atoms with van der Waals surface area (Å²) < 4.78 is 0. The van der Waals surface area contributed by atoms with Crippen molar-refractivity contribution in [2.24, 2.45) is 5.92 Å². The normalized spacial score (nSPS) is 25.4. The Balaban J connectivity index is 0.00000210. The summed E-state index contributed by atoms with van der Waals surface area (Å²) in [6, 6.07) is 8.43. The third-order valence-electron chi connectivity index (χ3n) is 6.16. The first kappa shape index (κ1) is 20.2. The van der Waals surface area contributed by atoms with E-state index < -0.39 is 0 Å². The number of carbonyl (C=O) groups excluding carboxylic acids is 2. The molecule has 2 amide bonds. The summed E-state index contributed by atoms with van der Waals surface area (Å²) in [4.78, 5) is 27.4. The van der Waals surface area contributed by atoms with Crippen molar-refractivity contribution in [2.45, 2.75) is 63.5 Å². The molecule has 1 aliphatic carbocycles. The van der Waals surface area contributed by atoms with Crippen LogP contribution < -0.4 is 10.6 Å². The Hall–Kier alpha value is -1.59. The summed E-state index contributed by atoms with van der Waals surface area (Å²) in [5, 5.41) is 6.64. The Morgan fingerprint density at radius 1 is 1.00 bits per heavy atom. The largest absolute Gasteiger partial charge is 0.337 e. The van der Waals surface area contributed by atoms with Gasteiger partial charge in [-0.05, 0) is 50.3 Å². The molecule has 0 aromatic heterocycles. The molecule has 27 heavy (non-hydrogen) atoms. The average Bonchev–Trinajstić information content (AvgIpc) is 3.01. The molecule has 148 valence electrons. The van der Waals surface area contributed by atoms with E-state index in [0.717, 1.165) is 57.3 Å². The molecule has 2 N–H and O–H groups in total. The van der Waals surface area contributed by atoms with Gasteiger partial charge in [0.25, 0.3) is 5.91 Å². The van der Waals surface area contributed by atoms with Gasteiger partial charge < -0.3 is 15.5 Å². The zero-order valence-corrected chi connectivity index (χ0v) is 16.6. The lowest BCUT2D eigenvalue weighted by Gasteiger charge is -2.25. The number of benzene rings is 1. The van der Waals surface area contributed by atoms with Crippen LogP contribution in [0.2, 0.25) is 0 Å². The minimum Gasteiger partial charge on any atom is -0.337 e. The van der Waals surface area contributed by atoms with Crippen LogP contribution in [0.5, 0.6) is 0 Å². The van der Waals surface area contributed by atoms with Crippen LogP contribution in [-0.2, 0) is 4.79 Å². The summed E-state index contributed by atoms with van der Waals surface area (Å²) >= 11 is 0. The highest BCUT2D eigenvalue weighted by molar-refractivity contribution is 5.97. The fourth-order valence-corrected chi connectivity index (χ4v) is 4.65. The molecule has 2 heterocycles. The van der Waals surface area contributed by atoms with Crippen LogP contribution in [0.25, 0.3) is 0 Å². The minimum atomic E-state index is 0. The number of hydrogen-bond donors (Lipinski definition) is 2. The molecule has 4 rings (SSSR count). The molecule has 2 bridgehead atoms. The second kappa shape index (κ2) is 9.07. The van der Waals surface area contributed by atoms with Gasteiger partial charge in [0.2, 0.25) is 5.91 Å². The number of halogens is 1. The molecule has 0 radical (unpaired) electrons. The summed E-state index contributed by atoms with van der Waals surface area (Å²) in [5.74, 6) is 0.300. The van der Waals surface area contributed by atoms with Gasteiger partial charge in [0, 0.05) is 42.3 Å². The number of rotatable bonds is 3. The van der Waals surface area contributed by atoms with Crippen molar-refractivity contribution in [2.75, 3.05) is 18.4 Å². The van der Waals surface area contributed by atoms with Crippen molar-refractivity contribution in [1.29, 1.82) is 0 Å². The number of hydrogen-bond acceptors (Lipinski definition) is 3. The van der Waals surface area contributed by atoms with Crippen molar-refractivity contribution < 1.29 is 9.59 Å². The van der Waals surface area contributed by atoms with Crippen LogP contribution in [0.3, 0.4) is 0 Å². The van der Waals surface area contributed by atoms with E-state index in [-0.39, 0.29) is 30.1 Å². The molecule has 2 unspecified atom stereocenters. The van der Waals surface area contributed by atoms with Gasteiger partial charge in [0.05, 0.1) is 0 Å². The number of likely N-dealkylation sites (tertiary alicyclic amines) is 1. The number of nitrogens with zero attached hydrogens (tertiary/aromatic N) is 1. The Labute approximate surface area is 167 Å². The van der Waals surface area contributed by atoms with Gasteiger partial charge in [-0.2, -0.15) is 0 Å². The molecule has 1 aromatic carbocycles. The fraction of sp³-hybridized carbons (Fsp3) is 0.619. The molecule has 2 atom stereocenters. The van der Waals surface area contributed by atoms with E-state index in [1.807, 2.05) is 29.2 Å². The molecule has 2 saturated heterocycles. The quantitative estimate of drug-likeness (QED) is 0.827. The third-order valence-corrected chi connectivity index (χ3v) is 6.16. The fourth-order valence-electron chi connectivity index (χ4n) is 4.65. The number of anilines is 1. The highest BCUT2D eigenvalue weighted by atomic mass is 35.5. The van der Waals surface area contributed by atoms with Gasteiger partial charge in [-0.1, -0.05) is 25.3 Å². The lowest BCUT2D eigenvalue weighted by molar-refractivity contribution is -0.120. The molecule has 1 saturated carbocycles. The van der Waals surface area contributed by atoms with Crippen LogP contribution in [0.4, 0.5) is 5.69 Å². The van der Waals surface area contributed by atoms with Crippen LogP contribution in [0, 0.1) is 5.92 Å². The van der Waals surface area contributed by atoms with Gasteiger partial charge in [-0.25, -0.2) is 0 Å². The minimum absolute atomic E-state index is 0. The van der Waals surface area contributed by atoms with Crippen LogP contribution in [-0.4, -0.2) is 41.9 Å². The van der Waals surface area contributed by atoms with Gasteiger partial charge in [0.15, 0.2) is 0 Å². The predicted molar refractivity (Wildman–Crippen MR) is 109 cm³/mol. The van der Waals surface area contributed by atoms with Crippen molar-refractivity contribution in [3.8, 4) is 0 Å². The smallest absolute Gasteiger partial charge is 0.253 e. The maximum Gasteiger partial charge on any atom is 0.253 e. The highest BCUT2D eigenvalue weighted by Gasteiger charge is 2.31. The number of carbonyl (C=O) groups is 2. The Morgan fingerprint density at radius 2 is 1.78 bits per heavy atom. The summed E-state index contributed by atoms with van der Waals surface area (Å²) in [6.45, 7) is 1.60. The molecule has 1 aromatic rings. The second-order valence-electron chi connectivity index (χ2n) is 8.08. The first-order valence-electron chi connectivity index (χ1n) is 10.2. The average molecular weight is 392 g/mol. The van der Waals surface area contributed by atoms with Crippen molar-refractivity contribution >= 4 is 29.9 Å². The molecule has 5 nitrogen and oxygen atoms in total. The maximum absolute atomic E-state index is 13.0. The SMILES string of the molecule is Cl.O=C(Nc1cccc(C(=O)N2CCC3CCC(C2)N3)c1)C1CCCCC1. The zero-order valence-electron chi connectivity index (χ0n) is 15.8. The Morgan fingerprint density at radius 3 is 2.59 bits per heavy atom. The molecule has 6 heteroatoms. The number of nitrogens with one attached hydrogen (secondary N) is 2. The van der Waals surface area contributed by atoms with E-state index >= 15 is 0 Å². The first-order chi connectivity index (χ1) is 12.7. The number of amides is 2. The second-order valence-corrected chi connectivity index (χ2v) is 8.08. The maximum atomic E-state index is 13.0. The van der Waals surface area contributed by atoms with Crippen LogP contribution in [0.15, 0.2) is 24.3 Å². The predicted octanol–water partition coefficient (Wildman–Crippen LogP) is 3.59. The third kappa shape index (κ3) is 4.82. The molecule has 2 aliphatic heterocycles. The lowest BCUT2D eigenvalue weighted by Crippen LogP contribution is -2.39. The van der Waals surface area contributed by atoms with Crippen LogP contribution >= 0.6 is 12.4 Å². The van der Waals surface area contributed by atoms with Crippen molar-refractivity contribution in [3.05, 3.63) is 29.8 Å². The van der Waals surface area contributed by atoms with E-state index in [9.17, 15) is 9.59 Å². The van der Waals surface area contributed by atoms with Gasteiger partial charge in [-0.15, -0.1) is 12.4 Å². The van der Waals surface area contributed by atoms with E-state index in [1.54, 1.807) is 0 Å². The van der Waals surface area contributed by atoms with Gasteiger partial charge in [0.1, 0.15) is 0 Å². The van der Waals surface area contributed by atoms with Crippen molar-refractivity contribution in [1.82, 2.24) is 10.2 Å². The number of fused-ring (bicyclic) bond motifs is 2. The van der Waals surface area contributed by atoms with Gasteiger partial charge in [-0.3, -0.25) is 9.59 Å². The van der Waals surface area contributed by atoms with E-state index in [4.69, 9.17) is 0 Å². The Bertz CT molecular complexity index is 675. The molecule has 3 fully saturated rings. The summed E-state index contributed by atoms with van der Waals surface area (Å²) in [7, 11) is 0.